The van der Waals surface area contributed by atoms with Gasteiger partial charge >= 0.3 is 0 Å². The molecule has 5 aliphatic rings. The van der Waals surface area contributed by atoms with Crippen LogP contribution < -0.4 is 0 Å². The Morgan fingerprint density at radius 3 is 0.690 bits per heavy atom. The van der Waals surface area contributed by atoms with Gasteiger partial charge in [-0.05, 0) is 235 Å². The number of hydrogen-bond acceptors (Lipinski definition) is 4. The van der Waals surface area contributed by atoms with Crippen LogP contribution in [0, 0.1) is 70.2 Å². The van der Waals surface area contributed by atoms with Gasteiger partial charge in [0, 0.05) is 0 Å². The minimum atomic E-state index is -3.72. The summed E-state index contributed by atoms with van der Waals surface area (Å²) in [7, 11) is 0. The smallest absolute Gasteiger partial charge is 0.164 e. The Kier molecular flexibility index (Phi) is 23.3. The molecule has 0 unspecified atom stereocenters. The Morgan fingerprint density at radius 1 is 0.333 bits per heavy atom. The molecule has 12 heteroatoms. The van der Waals surface area contributed by atoms with Gasteiger partial charge in [0.25, 0.3) is 0 Å². The molecule has 4 aromatic carbocycles. The molecule has 4 aliphatic carbocycles. The molecular weight excluding hydrogens is 1120 g/mol. The van der Waals surface area contributed by atoms with Gasteiger partial charge in [0.15, 0.2) is 17.0 Å². The highest BCUT2D eigenvalue weighted by molar-refractivity contribution is 5.50. The van der Waals surface area contributed by atoms with Gasteiger partial charge in [-0.25, -0.2) is 35.1 Å². The number of hydrogen-bond donors (Lipinski definition) is 2. The summed E-state index contributed by atoms with van der Waals surface area (Å²) in [5, 5.41) is 27.9. The van der Waals surface area contributed by atoms with Gasteiger partial charge < -0.3 is 19.7 Å². The molecule has 0 spiro atoms. The van der Waals surface area contributed by atoms with Crippen LogP contribution in [0.5, 0.6) is 0 Å². The highest BCUT2D eigenvalue weighted by atomic mass is 19.2. The SMILES string of the molecule is CCCCCC1CCC(c2cc(F)c(C(O)(c3c(F)cc(C4CCC(CCCCC)CC4)cc3F)[C@@H]3OC(C)(C)O[C@H]3C(O)(c3c(F)cc(C4CCC(CCCCC)CC4)cc3F)c3c(F)cc(C4CCC(CCCCC)CC4)cc3F)c(F)c2)CC1. The zero-order valence-corrected chi connectivity index (χ0v) is 53.3. The van der Waals surface area contributed by atoms with Crippen LogP contribution in [0.1, 0.15) is 315 Å². The summed E-state index contributed by atoms with van der Waals surface area (Å²) in [6, 6.07) is 8.37. The summed E-state index contributed by atoms with van der Waals surface area (Å²) >= 11 is 0. The summed E-state index contributed by atoms with van der Waals surface area (Å²) in [5.74, 6) is -12.8. The van der Waals surface area contributed by atoms with E-state index < -0.39 is 98.0 Å². The van der Waals surface area contributed by atoms with Crippen molar-refractivity contribution in [2.24, 2.45) is 23.7 Å². The first-order valence-electron chi connectivity index (χ1n) is 34.5. The number of aliphatic hydroxyl groups is 2. The Hall–Kier alpha value is -3.84. The predicted octanol–water partition coefficient (Wildman–Crippen LogP) is 21.9. The van der Waals surface area contributed by atoms with E-state index in [1.54, 1.807) is 0 Å². The van der Waals surface area contributed by atoms with Gasteiger partial charge in [-0.3, -0.25) is 0 Å². The highest BCUT2D eigenvalue weighted by Gasteiger charge is 2.66. The number of unbranched alkanes of at least 4 members (excludes halogenated alkanes) is 8. The molecule has 4 aromatic rings. The van der Waals surface area contributed by atoms with E-state index in [0.29, 0.717) is 75.0 Å². The molecule has 4 saturated carbocycles. The molecule has 1 heterocycles. The van der Waals surface area contributed by atoms with Crippen molar-refractivity contribution in [1.82, 2.24) is 0 Å². The maximum absolute atomic E-state index is 17.9. The zero-order valence-electron chi connectivity index (χ0n) is 53.3. The maximum Gasteiger partial charge on any atom is 0.164 e. The molecule has 0 aromatic heterocycles. The summed E-state index contributed by atoms with van der Waals surface area (Å²) in [5.41, 5.74) is -11.5. The molecule has 0 radical (unpaired) electrons. The van der Waals surface area contributed by atoms with Gasteiger partial charge in [0.05, 0.1) is 22.3 Å². The summed E-state index contributed by atoms with van der Waals surface area (Å²) in [6.45, 7) is 11.1. The predicted molar refractivity (Wildman–Crippen MR) is 331 cm³/mol. The van der Waals surface area contributed by atoms with E-state index in [-0.39, 0.29) is 45.9 Å². The van der Waals surface area contributed by atoms with E-state index in [0.717, 1.165) is 203 Å². The highest BCUT2D eigenvalue weighted by Crippen LogP contribution is 2.56. The zero-order chi connectivity index (χ0) is 62.2. The van der Waals surface area contributed by atoms with E-state index in [1.807, 2.05) is 0 Å². The van der Waals surface area contributed by atoms with Crippen molar-refractivity contribution < 1.29 is 54.8 Å². The van der Waals surface area contributed by atoms with Crippen molar-refractivity contribution in [3.63, 3.8) is 0 Å². The third-order valence-electron chi connectivity index (χ3n) is 21.8. The second-order valence-corrected chi connectivity index (χ2v) is 28.3. The normalized spacial score (nSPS) is 27.5. The molecular formula is C75H102F8O4. The van der Waals surface area contributed by atoms with Crippen molar-refractivity contribution >= 4 is 0 Å². The van der Waals surface area contributed by atoms with Gasteiger partial charge in [0.1, 0.15) is 58.7 Å². The maximum atomic E-state index is 17.9. The van der Waals surface area contributed by atoms with Crippen LogP contribution in [0.4, 0.5) is 35.1 Å². The van der Waals surface area contributed by atoms with E-state index in [9.17, 15) is 10.2 Å². The fraction of sp³-hybridized carbons (Fsp3) is 0.680. The standard InChI is InChI=1S/C75H102F8O4/c1-7-11-15-19-47-23-31-51(32-24-47)55-39-59(76)67(60(77)40-55)74(84,68-61(78)41-56(42-62(68)79)52-33-25-48(26-34-52)20-16-12-8-2)71-72(87-73(5,6)86-71)75(85,69-63(80)43-57(44-64(69)81)53-35-27-49(28-36-53)21-17-13-9-3)70-65(82)45-58(46-66(70)83)54-37-29-50(30-38-54)22-18-14-10-4/h39-54,71-72,84-85H,7-38H2,1-6H3/t47?,48?,49?,50?,51?,52?,53?,54?,71-,72-,74?,75?/m1/s1. The number of ether oxygens (including phenoxy) is 2. The van der Waals surface area contributed by atoms with Crippen molar-refractivity contribution in [1.29, 1.82) is 0 Å². The first kappa shape index (κ1) is 67.6. The Balaban J connectivity index is 1.18. The Labute approximate surface area is 515 Å². The molecule has 2 N–H and O–H groups in total. The van der Waals surface area contributed by atoms with Crippen LogP contribution in [-0.4, -0.2) is 28.2 Å². The van der Waals surface area contributed by atoms with E-state index >= 15 is 35.1 Å². The monoisotopic (exact) mass is 1220 g/mol. The van der Waals surface area contributed by atoms with Crippen molar-refractivity contribution in [2.45, 2.75) is 300 Å². The van der Waals surface area contributed by atoms with Crippen molar-refractivity contribution in [3.8, 4) is 0 Å². The Morgan fingerprint density at radius 2 is 0.517 bits per heavy atom. The van der Waals surface area contributed by atoms with Crippen molar-refractivity contribution in [3.05, 3.63) is 140 Å². The minimum Gasteiger partial charge on any atom is -0.377 e. The second kappa shape index (κ2) is 30.1. The van der Waals surface area contributed by atoms with Crippen molar-refractivity contribution in [2.75, 3.05) is 0 Å². The summed E-state index contributed by atoms with van der Waals surface area (Å²) < 4.78 is 156. The molecule has 482 valence electrons. The molecule has 9 rings (SSSR count). The fourth-order valence-electron chi connectivity index (χ4n) is 16.8. The van der Waals surface area contributed by atoms with Gasteiger partial charge in [-0.15, -0.1) is 0 Å². The average molecular weight is 1220 g/mol. The largest absolute Gasteiger partial charge is 0.377 e. The van der Waals surface area contributed by atoms with E-state index in [4.69, 9.17) is 9.47 Å². The topological polar surface area (TPSA) is 58.9 Å². The quantitative estimate of drug-likeness (QED) is 0.0486. The molecule has 0 amide bonds. The molecule has 1 saturated heterocycles. The van der Waals surface area contributed by atoms with Crippen LogP contribution in [0.15, 0.2) is 48.5 Å². The molecule has 87 heavy (non-hydrogen) atoms. The lowest BCUT2D eigenvalue weighted by Crippen LogP contribution is -2.57. The number of rotatable bonds is 26. The second-order valence-electron chi connectivity index (χ2n) is 28.3. The molecule has 5 fully saturated rings. The minimum absolute atomic E-state index is 0.269. The first-order chi connectivity index (χ1) is 41.7. The van der Waals surface area contributed by atoms with Gasteiger partial charge in [-0.1, -0.05) is 130 Å². The van der Waals surface area contributed by atoms with Crippen LogP contribution in [0.2, 0.25) is 0 Å². The fourth-order valence-corrected chi connectivity index (χ4v) is 16.8. The Bertz CT molecular complexity index is 2420. The van der Waals surface area contributed by atoms with Gasteiger partial charge in [0.2, 0.25) is 0 Å². The lowest BCUT2D eigenvalue weighted by Gasteiger charge is -2.43. The summed E-state index contributed by atoms with van der Waals surface area (Å²) in [6.07, 6.45) is 23.7. The van der Waals surface area contributed by atoms with E-state index in [2.05, 4.69) is 27.7 Å². The number of halogens is 8. The lowest BCUT2D eigenvalue weighted by molar-refractivity contribution is -0.173. The lowest BCUT2D eigenvalue weighted by atomic mass is 9.69. The van der Waals surface area contributed by atoms with Gasteiger partial charge in [-0.2, -0.15) is 0 Å². The molecule has 1 aliphatic heterocycles. The average Bonchev–Trinajstić information content (AvgIpc) is 1.69. The van der Waals surface area contributed by atoms with Crippen LogP contribution >= 0.6 is 0 Å². The van der Waals surface area contributed by atoms with Crippen LogP contribution in [0.3, 0.4) is 0 Å². The third-order valence-corrected chi connectivity index (χ3v) is 21.8. The molecule has 4 nitrogen and oxygen atoms in total. The summed E-state index contributed by atoms with van der Waals surface area (Å²) in [4.78, 5) is 0. The van der Waals surface area contributed by atoms with Crippen LogP contribution in [-0.2, 0) is 20.7 Å². The molecule has 0 bridgehead atoms. The third kappa shape index (κ3) is 15.2. The number of benzene rings is 4. The first-order valence-corrected chi connectivity index (χ1v) is 34.5. The molecule has 2 atom stereocenters. The van der Waals surface area contributed by atoms with E-state index in [1.165, 1.54) is 13.8 Å². The van der Waals surface area contributed by atoms with Crippen LogP contribution in [0.25, 0.3) is 0 Å².